The number of nitrogens with zero attached hydrogens (tertiary/aromatic N) is 3. The lowest BCUT2D eigenvalue weighted by molar-refractivity contribution is 0.0593. The Kier molecular flexibility index (Phi) is 3.32. The molecule has 0 fully saturated rings. The van der Waals surface area contributed by atoms with E-state index in [1.807, 2.05) is 24.3 Å². The van der Waals surface area contributed by atoms with Crippen LogP contribution in [0, 0.1) is 0 Å². The standard InChI is InChI=1S/C18H12ClN3O2/c1-10(15-11-6-2-3-7-12(11)16(19)21-20-15)22-17(23)13-8-4-5-9-14(13)18(22)24/h2-10H,1H3. The van der Waals surface area contributed by atoms with Crippen LogP contribution in [0.15, 0.2) is 48.5 Å². The molecule has 1 unspecified atom stereocenters. The quantitative estimate of drug-likeness (QED) is 0.670. The number of carbonyl (C=O) groups excluding carboxylic acids is 2. The molecule has 5 nitrogen and oxygen atoms in total. The summed E-state index contributed by atoms with van der Waals surface area (Å²) in [6.45, 7) is 1.77. The molecule has 2 aromatic carbocycles. The van der Waals surface area contributed by atoms with E-state index in [4.69, 9.17) is 11.6 Å². The predicted molar refractivity (Wildman–Crippen MR) is 89.9 cm³/mol. The van der Waals surface area contributed by atoms with Crippen molar-refractivity contribution in [2.75, 3.05) is 0 Å². The van der Waals surface area contributed by atoms with Crippen LogP contribution in [0.2, 0.25) is 5.15 Å². The third-order valence-corrected chi connectivity index (χ3v) is 4.56. The van der Waals surface area contributed by atoms with E-state index < -0.39 is 6.04 Å². The monoisotopic (exact) mass is 337 g/mol. The number of fused-ring (bicyclic) bond motifs is 2. The maximum Gasteiger partial charge on any atom is 0.262 e. The van der Waals surface area contributed by atoms with Crippen LogP contribution in [0.25, 0.3) is 10.8 Å². The average molecular weight is 338 g/mol. The molecular formula is C18H12ClN3O2. The van der Waals surface area contributed by atoms with Crippen molar-refractivity contribution in [1.29, 1.82) is 0 Å². The lowest BCUT2D eigenvalue weighted by Gasteiger charge is -2.22. The van der Waals surface area contributed by atoms with Crippen molar-refractivity contribution < 1.29 is 9.59 Å². The van der Waals surface area contributed by atoms with Gasteiger partial charge in [0, 0.05) is 10.8 Å². The summed E-state index contributed by atoms with van der Waals surface area (Å²) in [5.41, 5.74) is 1.38. The molecule has 0 bridgehead atoms. The molecule has 0 spiro atoms. The van der Waals surface area contributed by atoms with Crippen LogP contribution in [-0.4, -0.2) is 26.9 Å². The third-order valence-electron chi connectivity index (χ3n) is 4.28. The first-order valence-electron chi connectivity index (χ1n) is 7.47. The van der Waals surface area contributed by atoms with Gasteiger partial charge in [0.15, 0.2) is 5.15 Å². The Balaban J connectivity index is 1.84. The Bertz CT molecular complexity index is 967. The second-order valence-electron chi connectivity index (χ2n) is 5.62. The molecule has 0 aliphatic carbocycles. The van der Waals surface area contributed by atoms with Gasteiger partial charge in [0.05, 0.1) is 22.9 Å². The average Bonchev–Trinajstić information content (AvgIpc) is 2.86. The second kappa shape index (κ2) is 5.39. The molecular weight excluding hydrogens is 326 g/mol. The van der Waals surface area contributed by atoms with Crippen molar-refractivity contribution in [2.24, 2.45) is 0 Å². The molecule has 3 aromatic rings. The summed E-state index contributed by atoms with van der Waals surface area (Å²) in [6.07, 6.45) is 0. The number of carbonyl (C=O) groups is 2. The minimum Gasteiger partial charge on any atom is -0.269 e. The van der Waals surface area contributed by atoms with Crippen molar-refractivity contribution in [3.63, 3.8) is 0 Å². The highest BCUT2D eigenvalue weighted by atomic mass is 35.5. The van der Waals surface area contributed by atoms with Gasteiger partial charge in [-0.05, 0) is 19.1 Å². The van der Waals surface area contributed by atoms with Crippen molar-refractivity contribution >= 4 is 34.2 Å². The number of aromatic nitrogens is 2. The van der Waals surface area contributed by atoms with E-state index in [0.717, 1.165) is 10.8 Å². The molecule has 2 amide bonds. The molecule has 1 aromatic heterocycles. The summed E-state index contributed by atoms with van der Waals surface area (Å²) < 4.78 is 0. The minimum absolute atomic E-state index is 0.295. The van der Waals surface area contributed by atoms with E-state index in [2.05, 4.69) is 10.2 Å². The highest BCUT2D eigenvalue weighted by molar-refractivity contribution is 6.34. The molecule has 2 heterocycles. The zero-order chi connectivity index (χ0) is 16.8. The van der Waals surface area contributed by atoms with Crippen molar-refractivity contribution in [1.82, 2.24) is 15.1 Å². The molecule has 0 radical (unpaired) electrons. The van der Waals surface area contributed by atoms with Gasteiger partial charge in [-0.25, -0.2) is 0 Å². The van der Waals surface area contributed by atoms with Crippen LogP contribution in [0.1, 0.15) is 39.4 Å². The van der Waals surface area contributed by atoms with Gasteiger partial charge in [0.1, 0.15) is 0 Å². The molecule has 1 aliphatic rings. The Morgan fingerprint density at radius 1 is 0.875 bits per heavy atom. The highest BCUT2D eigenvalue weighted by Gasteiger charge is 2.39. The topological polar surface area (TPSA) is 63.2 Å². The molecule has 4 rings (SSSR count). The number of hydrogen-bond donors (Lipinski definition) is 0. The lowest BCUT2D eigenvalue weighted by atomic mass is 10.1. The minimum atomic E-state index is -0.549. The molecule has 0 saturated carbocycles. The summed E-state index contributed by atoms with van der Waals surface area (Å²) in [6, 6.07) is 13.7. The van der Waals surface area contributed by atoms with E-state index in [-0.39, 0.29) is 11.8 Å². The summed E-state index contributed by atoms with van der Waals surface area (Å²) in [7, 11) is 0. The third kappa shape index (κ3) is 2.02. The van der Waals surface area contributed by atoms with Crippen molar-refractivity contribution in [2.45, 2.75) is 13.0 Å². The SMILES string of the molecule is CC(c1nnc(Cl)c2ccccc12)N1C(=O)c2ccccc2C1=O. The van der Waals surface area contributed by atoms with Gasteiger partial charge >= 0.3 is 0 Å². The predicted octanol–water partition coefficient (Wildman–Crippen LogP) is 3.64. The first-order valence-corrected chi connectivity index (χ1v) is 7.85. The zero-order valence-electron chi connectivity index (χ0n) is 12.7. The number of rotatable bonds is 2. The van der Waals surface area contributed by atoms with E-state index in [9.17, 15) is 9.59 Å². The maximum absolute atomic E-state index is 12.7. The lowest BCUT2D eigenvalue weighted by Crippen LogP contribution is -2.33. The largest absolute Gasteiger partial charge is 0.269 e. The van der Waals surface area contributed by atoms with Crippen molar-refractivity contribution in [3.05, 3.63) is 70.5 Å². The van der Waals surface area contributed by atoms with E-state index in [1.165, 1.54) is 4.90 Å². The van der Waals surface area contributed by atoms with Gasteiger partial charge in [0.2, 0.25) is 0 Å². The fourth-order valence-electron chi connectivity index (χ4n) is 3.08. The number of amides is 2. The smallest absolute Gasteiger partial charge is 0.262 e. The van der Waals surface area contributed by atoms with Crippen LogP contribution in [-0.2, 0) is 0 Å². The Morgan fingerprint density at radius 2 is 1.42 bits per heavy atom. The maximum atomic E-state index is 12.7. The first kappa shape index (κ1) is 14.8. The first-order chi connectivity index (χ1) is 11.6. The van der Waals surface area contributed by atoms with Crippen LogP contribution in [0.5, 0.6) is 0 Å². The fraction of sp³-hybridized carbons (Fsp3) is 0.111. The normalized spacial score (nSPS) is 15.0. The van der Waals surface area contributed by atoms with Gasteiger partial charge in [0.25, 0.3) is 11.8 Å². The molecule has 118 valence electrons. The van der Waals surface area contributed by atoms with Gasteiger partial charge in [-0.3, -0.25) is 14.5 Å². The molecule has 24 heavy (non-hydrogen) atoms. The number of benzene rings is 2. The molecule has 6 heteroatoms. The van der Waals surface area contributed by atoms with Crippen LogP contribution in [0.4, 0.5) is 0 Å². The second-order valence-corrected chi connectivity index (χ2v) is 5.98. The molecule has 0 saturated heterocycles. The fourth-order valence-corrected chi connectivity index (χ4v) is 3.28. The summed E-state index contributed by atoms with van der Waals surface area (Å²) in [4.78, 5) is 26.5. The van der Waals surface area contributed by atoms with Gasteiger partial charge in [-0.15, -0.1) is 5.10 Å². The van der Waals surface area contributed by atoms with Crippen LogP contribution in [0.3, 0.4) is 0 Å². The number of halogens is 1. The number of hydrogen-bond acceptors (Lipinski definition) is 4. The van der Waals surface area contributed by atoms with Crippen molar-refractivity contribution in [3.8, 4) is 0 Å². The summed E-state index contributed by atoms with van der Waals surface area (Å²) >= 11 is 6.10. The van der Waals surface area contributed by atoms with Gasteiger partial charge in [-0.2, -0.15) is 5.10 Å². The number of imide groups is 1. The summed E-state index contributed by atoms with van der Waals surface area (Å²) in [5.74, 6) is -0.632. The molecule has 1 aliphatic heterocycles. The van der Waals surface area contributed by atoms with E-state index >= 15 is 0 Å². The van der Waals surface area contributed by atoms with Crippen LogP contribution >= 0.6 is 11.6 Å². The zero-order valence-corrected chi connectivity index (χ0v) is 13.5. The Hall–Kier alpha value is -2.79. The van der Waals surface area contributed by atoms with E-state index in [1.54, 1.807) is 31.2 Å². The highest BCUT2D eigenvalue weighted by Crippen LogP contribution is 2.34. The molecule has 1 atom stereocenters. The van der Waals surface area contributed by atoms with Crippen LogP contribution < -0.4 is 0 Å². The molecule has 0 N–H and O–H groups in total. The Morgan fingerprint density at radius 3 is 2.04 bits per heavy atom. The Labute approximate surface area is 142 Å². The van der Waals surface area contributed by atoms with Gasteiger partial charge < -0.3 is 0 Å². The van der Waals surface area contributed by atoms with E-state index in [0.29, 0.717) is 22.0 Å². The van der Waals surface area contributed by atoms with Gasteiger partial charge in [-0.1, -0.05) is 48.0 Å². The summed E-state index contributed by atoms with van der Waals surface area (Å²) in [5, 5.41) is 9.94.